The van der Waals surface area contributed by atoms with Gasteiger partial charge >= 0.3 is 5.97 Å². The fourth-order valence-electron chi connectivity index (χ4n) is 3.13. The van der Waals surface area contributed by atoms with Crippen LogP contribution in [-0.4, -0.2) is 29.3 Å². The van der Waals surface area contributed by atoms with E-state index in [2.05, 4.69) is 5.32 Å². The number of hydrogen-bond donors (Lipinski definition) is 1. The molecule has 150 valence electrons. The van der Waals surface area contributed by atoms with E-state index in [1.165, 1.54) is 11.8 Å². The Labute approximate surface area is 174 Å². The van der Waals surface area contributed by atoms with E-state index in [4.69, 9.17) is 16.3 Å². The van der Waals surface area contributed by atoms with Crippen molar-refractivity contribution < 1.29 is 19.1 Å². The molecule has 2 aromatic carbocycles. The van der Waals surface area contributed by atoms with Crippen LogP contribution in [0.3, 0.4) is 0 Å². The normalized spacial score (nSPS) is 14.8. The van der Waals surface area contributed by atoms with Crippen LogP contribution in [0, 0.1) is 0 Å². The van der Waals surface area contributed by atoms with Crippen LogP contribution in [0.15, 0.2) is 54.7 Å². The van der Waals surface area contributed by atoms with Crippen molar-refractivity contribution in [2.24, 2.45) is 0 Å². The Bertz CT molecular complexity index is 940. The van der Waals surface area contributed by atoms with Crippen LogP contribution in [0.25, 0.3) is 6.08 Å². The number of nitrogens with zero attached hydrogens (tertiary/aromatic N) is 1. The van der Waals surface area contributed by atoms with Gasteiger partial charge in [-0.1, -0.05) is 48.0 Å². The molecular weight excluding hydrogens is 392 g/mol. The lowest BCUT2D eigenvalue weighted by Crippen LogP contribution is -2.33. The molecule has 0 aromatic heterocycles. The molecule has 0 bridgehead atoms. The number of benzene rings is 2. The number of carbonyl (C=O) groups excluding carboxylic acids is 3. The zero-order valence-electron chi connectivity index (χ0n) is 15.9. The van der Waals surface area contributed by atoms with Crippen molar-refractivity contribution >= 4 is 35.5 Å². The number of amides is 2. The van der Waals surface area contributed by atoms with E-state index < -0.39 is 17.9 Å². The van der Waals surface area contributed by atoms with E-state index in [-0.39, 0.29) is 18.9 Å². The predicted molar refractivity (Wildman–Crippen MR) is 110 cm³/mol. The second kappa shape index (κ2) is 9.39. The van der Waals surface area contributed by atoms with Crippen molar-refractivity contribution in [2.45, 2.75) is 25.9 Å². The number of nitrogens with one attached hydrogen (secondary N) is 1. The molecule has 0 fully saturated rings. The molecule has 0 saturated heterocycles. The molecule has 2 amide bonds. The minimum absolute atomic E-state index is 0.0363. The van der Waals surface area contributed by atoms with Gasteiger partial charge in [0.2, 0.25) is 5.91 Å². The number of carbonyl (C=O) groups is 3. The van der Waals surface area contributed by atoms with Crippen molar-refractivity contribution in [1.29, 1.82) is 0 Å². The number of halogens is 1. The highest BCUT2D eigenvalue weighted by molar-refractivity contribution is 6.30. The lowest BCUT2D eigenvalue weighted by molar-refractivity contribution is -0.150. The third-order valence-corrected chi connectivity index (χ3v) is 4.85. The molecule has 7 heteroatoms. The highest BCUT2D eigenvalue weighted by atomic mass is 35.5. The molecule has 6 nitrogen and oxygen atoms in total. The van der Waals surface area contributed by atoms with Crippen LogP contribution < -0.4 is 5.32 Å². The maximum absolute atomic E-state index is 12.3. The highest BCUT2D eigenvalue weighted by Gasteiger charge is 2.28. The lowest BCUT2D eigenvalue weighted by Gasteiger charge is -2.32. The Kier molecular flexibility index (Phi) is 6.67. The summed E-state index contributed by atoms with van der Waals surface area (Å²) in [7, 11) is 0. The average Bonchev–Trinajstić information content (AvgIpc) is 2.72. The third-order valence-electron chi connectivity index (χ3n) is 4.60. The summed E-state index contributed by atoms with van der Waals surface area (Å²) in [6.45, 7) is 1.38. The summed E-state index contributed by atoms with van der Waals surface area (Å²) in [5.41, 5.74) is 2.70. The van der Waals surface area contributed by atoms with Gasteiger partial charge in [0, 0.05) is 24.7 Å². The predicted octanol–water partition coefficient (Wildman–Crippen LogP) is 3.46. The van der Waals surface area contributed by atoms with Crippen molar-refractivity contribution in [2.75, 3.05) is 6.61 Å². The molecule has 0 spiro atoms. The fourth-order valence-corrected chi connectivity index (χ4v) is 3.26. The second-order valence-electron chi connectivity index (χ2n) is 6.65. The van der Waals surface area contributed by atoms with Crippen LogP contribution in [0.1, 0.15) is 36.1 Å². The molecule has 2 aromatic rings. The van der Waals surface area contributed by atoms with Crippen LogP contribution in [0.4, 0.5) is 0 Å². The van der Waals surface area contributed by atoms with E-state index in [0.717, 1.165) is 16.7 Å². The second-order valence-corrected chi connectivity index (χ2v) is 7.09. The maximum Gasteiger partial charge on any atom is 0.308 e. The molecule has 29 heavy (non-hydrogen) atoms. The zero-order chi connectivity index (χ0) is 20.8. The molecule has 0 radical (unpaired) electrons. The summed E-state index contributed by atoms with van der Waals surface area (Å²) in [6, 6.07) is 14.2. The summed E-state index contributed by atoms with van der Waals surface area (Å²) in [5.74, 6) is -1.12. The summed E-state index contributed by atoms with van der Waals surface area (Å²) in [5, 5.41) is 3.30. The fraction of sp³-hybridized carbons (Fsp3) is 0.227. The Morgan fingerprint density at radius 2 is 1.83 bits per heavy atom. The molecule has 1 N–H and O–H groups in total. The number of rotatable bonds is 6. The lowest BCUT2D eigenvalue weighted by atomic mass is 9.94. The number of ether oxygens (including phenoxy) is 1. The molecule has 3 rings (SSSR count). The molecule has 0 saturated carbocycles. The van der Waals surface area contributed by atoms with Crippen LogP contribution in [0.5, 0.6) is 0 Å². The molecule has 0 unspecified atom stereocenters. The molecule has 0 aliphatic carbocycles. The van der Waals surface area contributed by atoms with E-state index in [0.29, 0.717) is 11.6 Å². The van der Waals surface area contributed by atoms with Crippen molar-refractivity contribution in [3.8, 4) is 0 Å². The number of esters is 1. The van der Waals surface area contributed by atoms with Gasteiger partial charge in [-0.3, -0.25) is 14.4 Å². The average molecular weight is 413 g/mol. The SMILES string of the molecule is CC(=O)N1C=Cc2ccccc2[C@@H]1CC(=O)OCC(=O)NCc1ccc(Cl)cc1. The first-order chi connectivity index (χ1) is 13.9. The zero-order valence-corrected chi connectivity index (χ0v) is 16.7. The van der Waals surface area contributed by atoms with Crippen LogP contribution in [0.2, 0.25) is 5.02 Å². The number of hydrogen-bond acceptors (Lipinski definition) is 4. The Hall–Kier alpha value is -3.12. The van der Waals surface area contributed by atoms with Gasteiger partial charge in [0.1, 0.15) is 0 Å². The van der Waals surface area contributed by atoms with Gasteiger partial charge in [0.05, 0.1) is 12.5 Å². The molecule has 1 atom stereocenters. The summed E-state index contributed by atoms with van der Waals surface area (Å²) < 4.78 is 5.12. The van der Waals surface area contributed by atoms with Gasteiger partial charge in [-0.15, -0.1) is 0 Å². The minimum atomic E-state index is -0.548. The monoisotopic (exact) mass is 412 g/mol. The molecule has 1 aliphatic rings. The van der Waals surface area contributed by atoms with Crippen molar-refractivity contribution in [3.63, 3.8) is 0 Å². The van der Waals surface area contributed by atoms with Gasteiger partial charge in [-0.05, 0) is 34.9 Å². The molecule has 1 heterocycles. The van der Waals surface area contributed by atoms with Crippen molar-refractivity contribution in [3.05, 3.63) is 76.4 Å². The third kappa shape index (κ3) is 5.45. The first kappa shape index (κ1) is 20.6. The van der Waals surface area contributed by atoms with Gasteiger partial charge in [-0.25, -0.2) is 0 Å². The van der Waals surface area contributed by atoms with E-state index in [1.807, 2.05) is 30.3 Å². The Balaban J connectivity index is 1.53. The summed E-state index contributed by atoms with van der Waals surface area (Å²) in [6.07, 6.45) is 3.47. The first-order valence-electron chi connectivity index (χ1n) is 9.17. The summed E-state index contributed by atoms with van der Waals surface area (Å²) >= 11 is 5.83. The standard InChI is InChI=1S/C22H21ClN2O4/c1-15(26)25-11-10-17-4-2-3-5-19(17)20(25)12-22(28)29-14-21(27)24-13-16-6-8-18(23)9-7-16/h2-11,20H,12-14H2,1H3,(H,24,27)/t20-/m0/s1. The van der Waals surface area contributed by atoms with E-state index in [9.17, 15) is 14.4 Å². The largest absolute Gasteiger partial charge is 0.456 e. The van der Waals surface area contributed by atoms with Gasteiger partial charge in [0.25, 0.3) is 5.91 Å². The first-order valence-corrected chi connectivity index (χ1v) is 9.54. The Morgan fingerprint density at radius 3 is 2.55 bits per heavy atom. The minimum Gasteiger partial charge on any atom is -0.456 e. The molecule has 1 aliphatic heterocycles. The van der Waals surface area contributed by atoms with Gasteiger partial charge in [0.15, 0.2) is 6.61 Å². The summed E-state index contributed by atoms with van der Waals surface area (Å²) in [4.78, 5) is 37.7. The smallest absolute Gasteiger partial charge is 0.308 e. The van der Waals surface area contributed by atoms with Crippen LogP contribution >= 0.6 is 11.6 Å². The van der Waals surface area contributed by atoms with E-state index >= 15 is 0 Å². The number of fused-ring (bicyclic) bond motifs is 1. The van der Waals surface area contributed by atoms with E-state index in [1.54, 1.807) is 30.5 Å². The van der Waals surface area contributed by atoms with Crippen molar-refractivity contribution in [1.82, 2.24) is 10.2 Å². The van der Waals surface area contributed by atoms with Gasteiger partial charge < -0.3 is 15.0 Å². The topological polar surface area (TPSA) is 75.7 Å². The molecular formula is C22H21ClN2O4. The van der Waals surface area contributed by atoms with Gasteiger partial charge in [-0.2, -0.15) is 0 Å². The van der Waals surface area contributed by atoms with Crippen LogP contribution in [-0.2, 0) is 25.7 Å². The maximum atomic E-state index is 12.3. The Morgan fingerprint density at radius 1 is 1.10 bits per heavy atom. The highest BCUT2D eigenvalue weighted by Crippen LogP contribution is 2.33. The quantitative estimate of drug-likeness (QED) is 0.737.